The molecular formula is C17H32F3N5. The van der Waals surface area contributed by atoms with Crippen LogP contribution in [0.4, 0.5) is 13.2 Å². The molecule has 1 aliphatic carbocycles. The molecule has 1 saturated carbocycles. The lowest BCUT2D eigenvalue weighted by atomic mass is 10.2. The first-order valence-corrected chi connectivity index (χ1v) is 9.41. The predicted molar refractivity (Wildman–Crippen MR) is 94.9 cm³/mol. The molecule has 1 saturated heterocycles. The van der Waals surface area contributed by atoms with Gasteiger partial charge in [0.05, 0.1) is 13.1 Å². The van der Waals surface area contributed by atoms with E-state index >= 15 is 0 Å². The number of likely N-dealkylation sites (N-methyl/N-ethyl adjacent to an activating group) is 1. The van der Waals surface area contributed by atoms with Gasteiger partial charge in [0.15, 0.2) is 5.96 Å². The van der Waals surface area contributed by atoms with E-state index in [-0.39, 0.29) is 6.54 Å². The Morgan fingerprint density at radius 3 is 2.60 bits per heavy atom. The minimum atomic E-state index is -4.16. The zero-order chi connectivity index (χ0) is 18.3. The molecule has 25 heavy (non-hydrogen) atoms. The summed E-state index contributed by atoms with van der Waals surface area (Å²) in [5, 5.41) is 6.64. The van der Waals surface area contributed by atoms with Crippen molar-refractivity contribution in [3.8, 4) is 0 Å². The van der Waals surface area contributed by atoms with E-state index in [0.29, 0.717) is 18.5 Å². The molecule has 2 fully saturated rings. The van der Waals surface area contributed by atoms with Gasteiger partial charge < -0.3 is 10.6 Å². The number of guanidine groups is 1. The zero-order valence-electron chi connectivity index (χ0n) is 15.4. The van der Waals surface area contributed by atoms with E-state index in [9.17, 15) is 13.2 Å². The second-order valence-electron chi connectivity index (χ2n) is 7.18. The molecule has 8 heteroatoms. The Bertz CT molecular complexity index is 421. The molecule has 146 valence electrons. The van der Waals surface area contributed by atoms with Crippen LogP contribution >= 0.6 is 0 Å². The second kappa shape index (κ2) is 9.62. The summed E-state index contributed by atoms with van der Waals surface area (Å²) in [6.45, 7) is 4.62. The van der Waals surface area contributed by atoms with E-state index in [1.165, 1.54) is 37.6 Å². The van der Waals surface area contributed by atoms with Gasteiger partial charge in [-0.25, -0.2) is 0 Å². The molecule has 1 aliphatic heterocycles. The van der Waals surface area contributed by atoms with Crippen LogP contribution in [-0.2, 0) is 0 Å². The molecule has 0 bridgehead atoms. The van der Waals surface area contributed by atoms with Crippen molar-refractivity contribution in [2.75, 3.05) is 46.3 Å². The average Bonchev–Trinajstić information content (AvgIpc) is 3.16. The summed E-state index contributed by atoms with van der Waals surface area (Å²) in [5.74, 6) is 0.709. The fraction of sp³-hybridized carbons (Fsp3) is 0.941. The lowest BCUT2D eigenvalue weighted by molar-refractivity contribution is -0.142. The number of aliphatic imine (C=N–C) groups is 1. The summed E-state index contributed by atoms with van der Waals surface area (Å²) >= 11 is 0. The lowest BCUT2D eigenvalue weighted by Crippen LogP contribution is -2.45. The Balaban J connectivity index is 1.75. The van der Waals surface area contributed by atoms with E-state index in [1.807, 2.05) is 6.92 Å². The highest BCUT2D eigenvalue weighted by molar-refractivity contribution is 5.80. The van der Waals surface area contributed by atoms with Gasteiger partial charge in [-0.2, -0.15) is 13.2 Å². The molecule has 2 N–H and O–H groups in total. The monoisotopic (exact) mass is 363 g/mol. The first kappa shape index (κ1) is 20.3. The molecule has 2 rings (SSSR count). The molecular weight excluding hydrogens is 331 g/mol. The van der Waals surface area contributed by atoms with Gasteiger partial charge in [0, 0.05) is 38.3 Å². The van der Waals surface area contributed by atoms with Crippen molar-refractivity contribution in [2.45, 2.75) is 57.3 Å². The highest BCUT2D eigenvalue weighted by Gasteiger charge is 2.30. The standard InChI is InChI=1S/C17H32F3N5/c1-3-21-16(22-9-11-24(2)13-17(18,19)20)23-14-8-10-25(12-14)15-6-4-5-7-15/h14-15H,3-13H2,1-2H3,(H2,21,22,23). The summed E-state index contributed by atoms with van der Waals surface area (Å²) < 4.78 is 37.0. The molecule has 1 atom stereocenters. The topological polar surface area (TPSA) is 42.9 Å². The van der Waals surface area contributed by atoms with Gasteiger partial charge in [-0.3, -0.25) is 14.8 Å². The van der Waals surface area contributed by atoms with Gasteiger partial charge in [-0.15, -0.1) is 0 Å². The molecule has 0 aromatic heterocycles. The normalized spacial score (nSPS) is 23.6. The molecule has 5 nitrogen and oxygen atoms in total. The van der Waals surface area contributed by atoms with Gasteiger partial charge in [0.1, 0.15) is 0 Å². The van der Waals surface area contributed by atoms with Gasteiger partial charge in [-0.1, -0.05) is 12.8 Å². The van der Waals surface area contributed by atoms with Gasteiger partial charge >= 0.3 is 6.18 Å². The molecule has 1 heterocycles. The first-order chi connectivity index (χ1) is 11.9. The Labute approximate surface area is 149 Å². The van der Waals surface area contributed by atoms with Crippen LogP contribution in [0.3, 0.4) is 0 Å². The van der Waals surface area contributed by atoms with Crippen LogP contribution in [0.5, 0.6) is 0 Å². The Hall–Kier alpha value is -1.02. The Kier molecular flexibility index (Phi) is 7.81. The van der Waals surface area contributed by atoms with E-state index in [1.54, 1.807) is 0 Å². The number of alkyl halides is 3. The van der Waals surface area contributed by atoms with E-state index in [0.717, 1.165) is 32.1 Å². The van der Waals surface area contributed by atoms with Gasteiger partial charge in [0.25, 0.3) is 0 Å². The fourth-order valence-electron chi connectivity index (χ4n) is 3.74. The van der Waals surface area contributed by atoms with Crippen LogP contribution in [-0.4, -0.2) is 80.3 Å². The lowest BCUT2D eigenvalue weighted by Gasteiger charge is -2.24. The third-order valence-corrected chi connectivity index (χ3v) is 4.95. The van der Waals surface area contributed by atoms with Gasteiger partial charge in [-0.05, 0) is 33.2 Å². The zero-order valence-corrected chi connectivity index (χ0v) is 15.4. The van der Waals surface area contributed by atoms with Crippen molar-refractivity contribution in [3.63, 3.8) is 0 Å². The number of hydrogen-bond acceptors (Lipinski definition) is 3. The number of nitrogens with one attached hydrogen (secondary N) is 2. The second-order valence-corrected chi connectivity index (χ2v) is 7.18. The van der Waals surface area contributed by atoms with Crippen molar-refractivity contribution in [2.24, 2.45) is 4.99 Å². The smallest absolute Gasteiger partial charge is 0.357 e. The quantitative estimate of drug-likeness (QED) is 0.537. The Morgan fingerprint density at radius 2 is 1.96 bits per heavy atom. The SMILES string of the molecule is CCNC(=NCCN(C)CC(F)(F)F)NC1CCN(C2CCCC2)C1. The number of halogens is 3. The third kappa shape index (κ3) is 7.40. The molecule has 0 radical (unpaired) electrons. The largest absolute Gasteiger partial charge is 0.401 e. The van der Waals surface area contributed by atoms with Gasteiger partial charge in [0.2, 0.25) is 0 Å². The van der Waals surface area contributed by atoms with Crippen LogP contribution < -0.4 is 10.6 Å². The summed E-state index contributed by atoms with van der Waals surface area (Å²) in [4.78, 5) is 8.27. The maximum Gasteiger partial charge on any atom is 0.401 e. The van der Waals surface area contributed by atoms with Crippen LogP contribution in [0.2, 0.25) is 0 Å². The minimum Gasteiger partial charge on any atom is -0.357 e. The predicted octanol–water partition coefficient (Wildman–Crippen LogP) is 2.05. The molecule has 1 unspecified atom stereocenters. The summed E-state index contributed by atoms with van der Waals surface area (Å²) in [7, 11) is 1.47. The minimum absolute atomic E-state index is 0.287. The maximum atomic E-state index is 12.3. The van der Waals surface area contributed by atoms with Crippen LogP contribution in [0, 0.1) is 0 Å². The van der Waals surface area contributed by atoms with Crippen LogP contribution in [0.1, 0.15) is 39.0 Å². The molecule has 0 aromatic carbocycles. The summed E-state index contributed by atoms with van der Waals surface area (Å²) in [6.07, 6.45) is 2.24. The van der Waals surface area contributed by atoms with Crippen molar-refractivity contribution in [3.05, 3.63) is 0 Å². The molecule has 2 aliphatic rings. The van der Waals surface area contributed by atoms with E-state index in [4.69, 9.17) is 0 Å². The van der Waals surface area contributed by atoms with Crippen molar-refractivity contribution in [1.82, 2.24) is 20.4 Å². The highest BCUT2D eigenvalue weighted by Crippen LogP contribution is 2.26. The average molecular weight is 363 g/mol. The molecule has 0 amide bonds. The van der Waals surface area contributed by atoms with E-state index in [2.05, 4.69) is 20.5 Å². The summed E-state index contributed by atoms with van der Waals surface area (Å²) in [6, 6.07) is 1.11. The number of nitrogens with zero attached hydrogens (tertiary/aromatic N) is 3. The molecule has 0 aromatic rings. The number of hydrogen-bond donors (Lipinski definition) is 2. The fourth-order valence-corrected chi connectivity index (χ4v) is 3.74. The van der Waals surface area contributed by atoms with Crippen molar-refractivity contribution >= 4 is 5.96 Å². The Morgan fingerprint density at radius 1 is 1.24 bits per heavy atom. The van der Waals surface area contributed by atoms with Crippen molar-refractivity contribution in [1.29, 1.82) is 0 Å². The van der Waals surface area contributed by atoms with E-state index < -0.39 is 12.7 Å². The number of rotatable bonds is 7. The number of likely N-dealkylation sites (tertiary alicyclic amines) is 1. The van der Waals surface area contributed by atoms with Crippen LogP contribution in [0.15, 0.2) is 4.99 Å². The van der Waals surface area contributed by atoms with Crippen LogP contribution in [0.25, 0.3) is 0 Å². The maximum absolute atomic E-state index is 12.3. The van der Waals surface area contributed by atoms with Crippen molar-refractivity contribution < 1.29 is 13.2 Å². The highest BCUT2D eigenvalue weighted by atomic mass is 19.4. The summed E-state index contributed by atoms with van der Waals surface area (Å²) in [5.41, 5.74) is 0. The first-order valence-electron chi connectivity index (χ1n) is 9.41. The third-order valence-electron chi connectivity index (χ3n) is 4.95. The molecule has 0 spiro atoms.